The molecule has 1 N–H and O–H groups in total. The fourth-order valence-corrected chi connectivity index (χ4v) is 6.68. The second-order valence-electron chi connectivity index (χ2n) is 9.85. The van der Waals surface area contributed by atoms with E-state index in [0.29, 0.717) is 44.3 Å². The largest absolute Gasteiger partial charge is 0.497 e. The number of hydrogen-bond donors (Lipinski definition) is 1. The molecule has 2 fully saturated rings. The topological polar surface area (TPSA) is 108 Å². The molecule has 1 aromatic heterocycles. The van der Waals surface area contributed by atoms with E-state index in [1.165, 1.54) is 4.31 Å². The number of carbonyl (C=O) groups is 1. The van der Waals surface area contributed by atoms with Crippen LogP contribution in [0, 0.1) is 0 Å². The number of para-hydroxylation sites is 1. The minimum Gasteiger partial charge on any atom is -0.497 e. The van der Waals surface area contributed by atoms with Gasteiger partial charge in [0.25, 0.3) is 0 Å². The summed E-state index contributed by atoms with van der Waals surface area (Å²) < 4.78 is 33.0. The van der Waals surface area contributed by atoms with Crippen molar-refractivity contribution >= 4 is 32.7 Å². The van der Waals surface area contributed by atoms with Crippen LogP contribution in [0.4, 0.5) is 5.82 Å². The summed E-state index contributed by atoms with van der Waals surface area (Å²) in [6.45, 7) is 7.08. The van der Waals surface area contributed by atoms with E-state index in [1.54, 1.807) is 38.3 Å². The van der Waals surface area contributed by atoms with E-state index >= 15 is 0 Å². The molecule has 3 heterocycles. The number of hydrogen-bond acceptors (Lipinski definition) is 8. The van der Waals surface area contributed by atoms with Gasteiger partial charge in [-0.05, 0) is 49.7 Å². The Morgan fingerprint density at radius 3 is 2.42 bits per heavy atom. The first-order chi connectivity index (χ1) is 18.3. The molecular weight excluding hydrogens is 504 g/mol. The monoisotopic (exact) mass is 538 g/mol. The maximum absolute atomic E-state index is 13.2. The van der Waals surface area contributed by atoms with Gasteiger partial charge in [0.15, 0.2) is 0 Å². The van der Waals surface area contributed by atoms with Crippen LogP contribution in [0.5, 0.6) is 5.75 Å². The number of sulfonamides is 1. The van der Waals surface area contributed by atoms with E-state index in [0.717, 1.165) is 29.7 Å². The predicted molar refractivity (Wildman–Crippen MR) is 146 cm³/mol. The zero-order valence-corrected chi connectivity index (χ0v) is 22.8. The van der Waals surface area contributed by atoms with Gasteiger partial charge in [-0.15, -0.1) is 0 Å². The number of benzene rings is 2. The molecule has 10 nitrogen and oxygen atoms in total. The Morgan fingerprint density at radius 1 is 1.03 bits per heavy atom. The summed E-state index contributed by atoms with van der Waals surface area (Å²) >= 11 is 0. The average Bonchev–Trinajstić information content (AvgIpc) is 3.39. The van der Waals surface area contributed by atoms with Gasteiger partial charge >= 0.3 is 0 Å². The highest BCUT2D eigenvalue weighted by Crippen LogP contribution is 2.30. The van der Waals surface area contributed by atoms with Gasteiger partial charge in [-0.3, -0.25) is 9.69 Å². The Labute approximate surface area is 223 Å². The molecule has 0 bridgehead atoms. The van der Waals surface area contributed by atoms with Crippen LogP contribution < -0.4 is 15.0 Å². The maximum atomic E-state index is 13.2. The van der Waals surface area contributed by atoms with Crippen LogP contribution in [0.3, 0.4) is 0 Å². The van der Waals surface area contributed by atoms with Crippen LogP contribution in [0.2, 0.25) is 0 Å². The minimum atomic E-state index is -3.58. The number of anilines is 1. The molecule has 2 aromatic carbocycles. The molecule has 202 valence electrons. The summed E-state index contributed by atoms with van der Waals surface area (Å²) in [5.74, 6) is 2.20. The Hall–Kier alpha value is -3.28. The fourth-order valence-electron chi connectivity index (χ4n) is 5.25. The lowest BCUT2D eigenvalue weighted by Crippen LogP contribution is -2.49. The smallest absolute Gasteiger partial charge is 0.243 e. The van der Waals surface area contributed by atoms with Gasteiger partial charge in [0.2, 0.25) is 15.9 Å². The number of ether oxygens (including phenoxy) is 1. The summed E-state index contributed by atoms with van der Waals surface area (Å²) in [4.78, 5) is 26.2. The summed E-state index contributed by atoms with van der Waals surface area (Å²) in [7, 11) is -2.02. The molecule has 11 heteroatoms. The van der Waals surface area contributed by atoms with Crippen molar-refractivity contribution in [2.45, 2.75) is 37.2 Å². The maximum Gasteiger partial charge on any atom is 0.243 e. The molecule has 1 amide bonds. The molecule has 0 spiro atoms. The lowest BCUT2D eigenvalue weighted by molar-refractivity contribution is -0.119. The molecule has 0 aliphatic carbocycles. The number of fused-ring (bicyclic) bond motifs is 1. The molecular formula is C27H34N6O4S. The quantitative estimate of drug-likeness (QED) is 0.489. The van der Waals surface area contributed by atoms with E-state index in [1.807, 2.05) is 24.3 Å². The SMILES string of the molecule is COc1ccc(S(=O)(=O)N2CCN(C(C)c3nc(N4CC[C@@H](NC(C)=O)C4)c4ccccc4n3)CC2)cc1. The van der Waals surface area contributed by atoms with E-state index in [4.69, 9.17) is 14.7 Å². The molecule has 0 saturated carbocycles. The molecule has 5 rings (SSSR count). The zero-order valence-electron chi connectivity index (χ0n) is 22.0. The highest BCUT2D eigenvalue weighted by Gasteiger charge is 2.32. The molecule has 38 heavy (non-hydrogen) atoms. The molecule has 2 saturated heterocycles. The lowest BCUT2D eigenvalue weighted by atomic mass is 10.2. The van der Waals surface area contributed by atoms with Gasteiger partial charge < -0.3 is 15.0 Å². The Balaban J connectivity index is 1.32. The molecule has 1 unspecified atom stereocenters. The Morgan fingerprint density at radius 2 is 1.74 bits per heavy atom. The second kappa shape index (κ2) is 10.8. The van der Waals surface area contributed by atoms with Crippen LogP contribution in [0.1, 0.15) is 32.1 Å². The average molecular weight is 539 g/mol. The van der Waals surface area contributed by atoms with Gasteiger partial charge in [0.05, 0.1) is 23.6 Å². The van der Waals surface area contributed by atoms with Crippen molar-refractivity contribution in [1.29, 1.82) is 0 Å². The summed E-state index contributed by atoms with van der Waals surface area (Å²) in [5, 5.41) is 4.01. The van der Waals surface area contributed by atoms with Gasteiger partial charge in [-0.2, -0.15) is 4.31 Å². The standard InChI is InChI=1S/C27H34N6O4S/c1-19(31-14-16-33(17-15-31)38(35,36)23-10-8-22(37-3)9-11-23)26-29-25-7-5-4-6-24(25)27(30-26)32-13-12-21(18-32)28-20(2)34/h4-11,19,21H,12-18H2,1-3H3,(H,28,34)/t19?,21-/m1/s1. The Kier molecular flexibility index (Phi) is 7.51. The number of rotatable bonds is 7. The number of nitrogens with zero attached hydrogens (tertiary/aromatic N) is 5. The zero-order chi connectivity index (χ0) is 26.9. The molecule has 2 aliphatic heterocycles. The lowest BCUT2D eigenvalue weighted by Gasteiger charge is -2.37. The van der Waals surface area contributed by atoms with E-state index in [2.05, 4.69) is 22.0 Å². The van der Waals surface area contributed by atoms with Gasteiger partial charge in [0.1, 0.15) is 17.4 Å². The van der Waals surface area contributed by atoms with E-state index < -0.39 is 10.0 Å². The molecule has 3 aromatic rings. The van der Waals surface area contributed by atoms with Crippen molar-refractivity contribution in [1.82, 2.24) is 24.5 Å². The van der Waals surface area contributed by atoms with Crippen molar-refractivity contribution in [2.24, 2.45) is 0 Å². The highest BCUT2D eigenvalue weighted by atomic mass is 32.2. The first-order valence-electron chi connectivity index (χ1n) is 12.9. The van der Waals surface area contributed by atoms with Crippen molar-refractivity contribution in [3.8, 4) is 5.75 Å². The van der Waals surface area contributed by atoms with Crippen molar-refractivity contribution < 1.29 is 17.9 Å². The first-order valence-corrected chi connectivity index (χ1v) is 14.4. The van der Waals surface area contributed by atoms with Crippen LogP contribution in [0.15, 0.2) is 53.4 Å². The predicted octanol–water partition coefficient (Wildman–Crippen LogP) is 2.42. The number of piperazine rings is 1. The van der Waals surface area contributed by atoms with Crippen LogP contribution in [-0.2, 0) is 14.8 Å². The molecule has 0 radical (unpaired) electrons. The fraction of sp³-hybridized carbons (Fsp3) is 0.444. The van der Waals surface area contributed by atoms with Crippen LogP contribution in [0.25, 0.3) is 10.9 Å². The third-order valence-corrected chi connectivity index (χ3v) is 9.30. The Bertz CT molecular complexity index is 1410. The van der Waals surface area contributed by atoms with Gasteiger partial charge in [-0.25, -0.2) is 18.4 Å². The minimum absolute atomic E-state index is 0.0214. The summed E-state index contributed by atoms with van der Waals surface area (Å²) in [6, 6.07) is 14.5. The number of amides is 1. The van der Waals surface area contributed by atoms with Crippen molar-refractivity contribution in [2.75, 3.05) is 51.3 Å². The molecule has 2 aliphatic rings. The number of carbonyl (C=O) groups excluding carboxylic acids is 1. The second-order valence-corrected chi connectivity index (χ2v) is 11.8. The van der Waals surface area contributed by atoms with Crippen LogP contribution in [-0.4, -0.2) is 85.9 Å². The van der Waals surface area contributed by atoms with Crippen LogP contribution >= 0.6 is 0 Å². The van der Waals surface area contributed by atoms with E-state index in [9.17, 15) is 13.2 Å². The van der Waals surface area contributed by atoms with E-state index in [-0.39, 0.29) is 22.9 Å². The number of nitrogens with one attached hydrogen (secondary N) is 1. The molecule has 2 atom stereocenters. The first kappa shape index (κ1) is 26.3. The number of methoxy groups -OCH3 is 1. The normalized spacial score (nSPS) is 20.0. The highest BCUT2D eigenvalue weighted by molar-refractivity contribution is 7.89. The number of aromatic nitrogens is 2. The summed E-state index contributed by atoms with van der Waals surface area (Å²) in [5.41, 5.74) is 0.878. The summed E-state index contributed by atoms with van der Waals surface area (Å²) in [6.07, 6.45) is 0.868. The third kappa shape index (κ3) is 5.31. The van der Waals surface area contributed by atoms with Crippen molar-refractivity contribution in [3.63, 3.8) is 0 Å². The third-order valence-electron chi connectivity index (χ3n) is 7.39. The van der Waals surface area contributed by atoms with Gasteiger partial charge in [-0.1, -0.05) is 12.1 Å². The van der Waals surface area contributed by atoms with Crippen molar-refractivity contribution in [3.05, 3.63) is 54.4 Å². The van der Waals surface area contributed by atoms with Gasteiger partial charge in [0, 0.05) is 57.6 Å².